The van der Waals surface area contributed by atoms with Crippen molar-refractivity contribution in [2.24, 2.45) is 11.8 Å². The lowest BCUT2D eigenvalue weighted by Gasteiger charge is -2.18. The summed E-state index contributed by atoms with van der Waals surface area (Å²) in [5, 5.41) is 0. The highest BCUT2D eigenvalue weighted by Gasteiger charge is 2.10. The van der Waals surface area contributed by atoms with E-state index in [2.05, 4.69) is 72.7 Å². The van der Waals surface area contributed by atoms with Crippen molar-refractivity contribution < 1.29 is 19.1 Å². The molecule has 0 bridgehead atoms. The van der Waals surface area contributed by atoms with Gasteiger partial charge in [-0.1, -0.05) is 75.7 Å². The second-order valence-electron chi connectivity index (χ2n) is 15.3. The summed E-state index contributed by atoms with van der Waals surface area (Å²) in [6.07, 6.45) is 31.0. The number of carbonyl (C=O) groups is 2. The Morgan fingerprint density at radius 1 is 0.562 bits per heavy atom. The lowest BCUT2D eigenvalue weighted by molar-refractivity contribution is -0.145. The Hall–Kier alpha value is -1.19. The van der Waals surface area contributed by atoms with Crippen molar-refractivity contribution in [2.45, 2.75) is 170 Å². The van der Waals surface area contributed by atoms with E-state index in [1.165, 1.54) is 87.5 Å². The highest BCUT2D eigenvalue weighted by molar-refractivity contribution is 7.57. The second kappa shape index (κ2) is 33.0. The van der Waals surface area contributed by atoms with Gasteiger partial charge in [0.2, 0.25) is 0 Å². The van der Waals surface area contributed by atoms with Crippen molar-refractivity contribution in [3.63, 3.8) is 0 Å². The largest absolute Gasteiger partial charge is 0.466 e. The summed E-state index contributed by atoms with van der Waals surface area (Å²) in [4.78, 5) is 26.6. The molecule has 0 spiro atoms. The molecule has 6 heteroatoms. The molecule has 0 aliphatic heterocycles. The predicted molar refractivity (Wildman–Crippen MR) is 212 cm³/mol. The highest BCUT2D eigenvalue weighted by atomic mass is 31.1. The first kappa shape index (κ1) is 46.8. The van der Waals surface area contributed by atoms with E-state index in [1.54, 1.807) is 0 Å². The van der Waals surface area contributed by atoms with Crippen LogP contribution in [0, 0.1) is 11.8 Å². The van der Waals surface area contributed by atoms with Gasteiger partial charge in [-0.05, 0) is 156 Å². The van der Waals surface area contributed by atoms with Gasteiger partial charge in [-0.2, -0.15) is 0 Å². The molecule has 0 amide bonds. The van der Waals surface area contributed by atoms with Crippen LogP contribution in [0.15, 0.2) is 23.3 Å². The summed E-state index contributed by atoms with van der Waals surface area (Å²) >= 11 is 0. The number of carbonyl (C=O) groups excluding carboxylic acids is 2. The zero-order valence-corrected chi connectivity index (χ0v) is 34.1. The molecular formula is C42H80NO4P. The molecule has 0 saturated carbocycles. The van der Waals surface area contributed by atoms with Gasteiger partial charge in [-0.15, -0.1) is 7.92 Å². The van der Waals surface area contributed by atoms with Crippen LogP contribution in [-0.2, 0) is 19.1 Å². The summed E-state index contributed by atoms with van der Waals surface area (Å²) < 4.78 is 11.0. The smallest absolute Gasteiger partial charge is 0.305 e. The number of hydrogen-bond acceptors (Lipinski definition) is 5. The fraction of sp³-hybridized carbons (Fsp3) is 0.857. The Morgan fingerprint density at radius 3 is 1.33 bits per heavy atom. The van der Waals surface area contributed by atoms with Crippen LogP contribution in [0.1, 0.15) is 170 Å². The van der Waals surface area contributed by atoms with Gasteiger partial charge in [0.25, 0.3) is 0 Å². The Balaban J connectivity index is 4.01. The number of hydrogen-bond donors (Lipinski definition) is 0. The van der Waals surface area contributed by atoms with Gasteiger partial charge in [-0.25, -0.2) is 0 Å². The van der Waals surface area contributed by atoms with E-state index in [4.69, 9.17) is 9.47 Å². The quantitative estimate of drug-likeness (QED) is 0.0296. The first-order valence-electron chi connectivity index (χ1n) is 19.9. The molecule has 0 heterocycles. The molecule has 282 valence electrons. The van der Waals surface area contributed by atoms with Crippen molar-refractivity contribution in [1.29, 1.82) is 0 Å². The van der Waals surface area contributed by atoms with Crippen LogP contribution in [-0.4, -0.2) is 69.2 Å². The summed E-state index contributed by atoms with van der Waals surface area (Å²) in [5.74, 6) is 1.17. The van der Waals surface area contributed by atoms with Crippen LogP contribution in [0.3, 0.4) is 0 Å². The standard InChI is InChI=1S/C42H80NO4P/c1-37(2)23-21-25-39(5)29-32-46-41(44)27-15-11-9-13-18-34-48(36-20-17-31-43(7)8)35-19-14-10-12-16-28-42(45)47-33-30-40(6)26-22-24-38(3)4/h23-24,39-40H,9-22,25-36H2,1-8H3. The number of unbranched alkanes of at least 4 members (excludes halogenated alkanes) is 9. The van der Waals surface area contributed by atoms with E-state index >= 15 is 0 Å². The topological polar surface area (TPSA) is 55.8 Å². The Kier molecular flexibility index (Phi) is 32.2. The van der Waals surface area contributed by atoms with Crippen molar-refractivity contribution in [2.75, 3.05) is 52.3 Å². The summed E-state index contributed by atoms with van der Waals surface area (Å²) in [6, 6.07) is 0. The maximum absolute atomic E-state index is 12.1. The molecule has 5 nitrogen and oxygen atoms in total. The van der Waals surface area contributed by atoms with Crippen LogP contribution >= 0.6 is 7.92 Å². The maximum atomic E-state index is 12.1. The van der Waals surface area contributed by atoms with Gasteiger partial charge >= 0.3 is 11.9 Å². The molecule has 0 aromatic heterocycles. The normalized spacial score (nSPS) is 13.2. The Bertz CT molecular complexity index is 771. The average Bonchev–Trinajstić information content (AvgIpc) is 3.01. The van der Waals surface area contributed by atoms with E-state index in [0.29, 0.717) is 37.9 Å². The Morgan fingerprint density at radius 2 is 0.938 bits per heavy atom. The van der Waals surface area contributed by atoms with Crippen LogP contribution in [0.25, 0.3) is 0 Å². The van der Waals surface area contributed by atoms with E-state index in [0.717, 1.165) is 64.2 Å². The molecule has 0 N–H and O–H groups in total. The number of ether oxygens (including phenoxy) is 2. The lowest BCUT2D eigenvalue weighted by Crippen LogP contribution is -2.13. The van der Waals surface area contributed by atoms with Crippen LogP contribution in [0.5, 0.6) is 0 Å². The zero-order chi connectivity index (χ0) is 35.8. The first-order chi connectivity index (χ1) is 23.0. The molecule has 0 aliphatic rings. The molecule has 48 heavy (non-hydrogen) atoms. The van der Waals surface area contributed by atoms with Gasteiger partial charge < -0.3 is 14.4 Å². The molecule has 0 aromatic carbocycles. The SMILES string of the molecule is CC(C)=CCCC(C)CCOC(=O)CCCCCCCP(CCCCCCCC(=O)OCCC(C)CCC=C(C)C)CCCCN(C)C. The molecule has 0 aliphatic carbocycles. The zero-order valence-electron chi connectivity index (χ0n) is 33.2. The van der Waals surface area contributed by atoms with Crippen LogP contribution in [0.2, 0.25) is 0 Å². The van der Waals surface area contributed by atoms with E-state index in [9.17, 15) is 9.59 Å². The van der Waals surface area contributed by atoms with Crippen molar-refractivity contribution in [1.82, 2.24) is 4.90 Å². The maximum Gasteiger partial charge on any atom is 0.305 e. The minimum Gasteiger partial charge on any atom is -0.466 e. The van der Waals surface area contributed by atoms with E-state index in [1.807, 2.05) is 0 Å². The monoisotopic (exact) mass is 694 g/mol. The molecule has 0 saturated heterocycles. The molecule has 2 unspecified atom stereocenters. The Labute approximate surface area is 300 Å². The van der Waals surface area contributed by atoms with Gasteiger partial charge in [0.1, 0.15) is 0 Å². The van der Waals surface area contributed by atoms with Gasteiger partial charge in [-0.3, -0.25) is 9.59 Å². The number of allylic oxidation sites excluding steroid dienone is 4. The van der Waals surface area contributed by atoms with Gasteiger partial charge in [0.05, 0.1) is 13.2 Å². The summed E-state index contributed by atoms with van der Waals surface area (Å²) in [7, 11) is 4.47. The summed E-state index contributed by atoms with van der Waals surface area (Å²) in [6.45, 7) is 15.4. The first-order valence-corrected chi connectivity index (χ1v) is 21.8. The van der Waals surface area contributed by atoms with Crippen LogP contribution in [0.4, 0.5) is 0 Å². The molecule has 0 radical (unpaired) electrons. The van der Waals surface area contributed by atoms with Crippen molar-refractivity contribution in [3.05, 3.63) is 23.3 Å². The molecule has 0 aromatic rings. The van der Waals surface area contributed by atoms with E-state index in [-0.39, 0.29) is 19.9 Å². The van der Waals surface area contributed by atoms with Gasteiger partial charge in [0.15, 0.2) is 0 Å². The number of esters is 2. The molecule has 2 atom stereocenters. The third kappa shape index (κ3) is 34.7. The average molecular weight is 694 g/mol. The lowest BCUT2D eigenvalue weighted by atomic mass is 10.0. The molecular weight excluding hydrogens is 613 g/mol. The van der Waals surface area contributed by atoms with Crippen LogP contribution < -0.4 is 0 Å². The second-order valence-corrected chi connectivity index (χ2v) is 18.0. The molecule has 0 rings (SSSR count). The predicted octanol–water partition coefficient (Wildman–Crippen LogP) is 12.1. The third-order valence-electron chi connectivity index (χ3n) is 9.21. The number of nitrogens with zero attached hydrogens (tertiary/aromatic N) is 1. The minimum absolute atomic E-state index is 0.0147. The fourth-order valence-corrected chi connectivity index (χ4v) is 8.55. The minimum atomic E-state index is -0.0147. The third-order valence-corrected chi connectivity index (χ3v) is 12.1. The van der Waals surface area contributed by atoms with Crippen molar-refractivity contribution in [3.8, 4) is 0 Å². The summed E-state index contributed by atoms with van der Waals surface area (Å²) in [5.41, 5.74) is 2.75. The van der Waals surface area contributed by atoms with Gasteiger partial charge in [0, 0.05) is 12.8 Å². The molecule has 0 fully saturated rings. The van der Waals surface area contributed by atoms with E-state index < -0.39 is 0 Å². The number of rotatable bonds is 33. The van der Waals surface area contributed by atoms with Crippen molar-refractivity contribution >= 4 is 19.9 Å². The highest BCUT2D eigenvalue weighted by Crippen LogP contribution is 2.39. The fourth-order valence-electron chi connectivity index (χ4n) is 5.86.